The Morgan fingerprint density at radius 1 is 1.16 bits per heavy atom. The van der Waals surface area contributed by atoms with E-state index in [4.69, 9.17) is 10.5 Å². The van der Waals surface area contributed by atoms with Crippen LogP contribution in [0.25, 0.3) is 11.0 Å². The largest absolute Gasteiger partial charge is 0.387 e. The van der Waals surface area contributed by atoms with Gasteiger partial charge in [-0.3, -0.25) is 0 Å². The van der Waals surface area contributed by atoms with E-state index in [1.807, 2.05) is 36.2 Å². The number of nitrogens with two attached hydrogens (primary N) is 1. The molecule has 1 saturated heterocycles. The molecule has 1 aliphatic rings. The summed E-state index contributed by atoms with van der Waals surface area (Å²) in [5.74, 6) is 0.341. The quantitative estimate of drug-likeness (QED) is 0.270. The summed E-state index contributed by atoms with van der Waals surface area (Å²) in [6.45, 7) is 8.02. The van der Waals surface area contributed by atoms with Crippen LogP contribution in [0.2, 0.25) is 0 Å². The summed E-state index contributed by atoms with van der Waals surface area (Å²) in [4.78, 5) is 22.4. The van der Waals surface area contributed by atoms with Gasteiger partial charge in [0.1, 0.15) is 36.1 Å². The molecule has 6 N–H and O–H groups in total. The minimum absolute atomic E-state index is 0. The Hall–Kier alpha value is -2.96. The molecule has 0 aliphatic carbocycles. The van der Waals surface area contributed by atoms with Crippen LogP contribution in [-0.2, 0) is 10.2 Å². The Balaban J connectivity index is 0.00000400. The highest BCUT2D eigenvalue weighted by Gasteiger charge is 2.44. The maximum Gasteiger partial charge on any atom is 0.319 e. The fraction of sp³-hybridized carbons (Fsp3) is 0.500. The van der Waals surface area contributed by atoms with E-state index >= 15 is 0 Å². The number of likely N-dealkylation sites (N-methyl/N-ethyl adjacent to an activating group) is 1. The van der Waals surface area contributed by atoms with Gasteiger partial charge < -0.3 is 40.8 Å². The molecule has 3 aromatic rings. The van der Waals surface area contributed by atoms with Crippen molar-refractivity contribution in [3.05, 3.63) is 48.4 Å². The highest BCUT2D eigenvalue weighted by atomic mass is 35.5. The smallest absolute Gasteiger partial charge is 0.319 e. The van der Waals surface area contributed by atoms with Crippen molar-refractivity contribution in [3.8, 4) is 0 Å². The highest BCUT2D eigenvalue weighted by Crippen LogP contribution is 2.33. The number of anilines is 2. The first-order chi connectivity index (χ1) is 17.5. The number of fused-ring (bicyclic) bond motifs is 1. The number of carbonyl (C=O) groups excluding carboxylic acids is 1. The summed E-state index contributed by atoms with van der Waals surface area (Å²) in [5.41, 5.74) is 8.45. The number of aliphatic hydroxyl groups excluding tert-OH is 2. The fourth-order valence-electron chi connectivity index (χ4n) is 4.48. The van der Waals surface area contributed by atoms with Gasteiger partial charge >= 0.3 is 6.03 Å². The molecule has 4 rings (SSSR count). The third-order valence-corrected chi connectivity index (χ3v) is 6.65. The lowest BCUT2D eigenvalue weighted by atomic mass is 9.87. The Kier molecular flexibility index (Phi) is 9.55. The molecule has 0 radical (unpaired) electrons. The van der Waals surface area contributed by atoms with Crippen LogP contribution < -0.4 is 16.4 Å². The van der Waals surface area contributed by atoms with Crippen LogP contribution in [0.1, 0.15) is 39.0 Å². The fourth-order valence-corrected chi connectivity index (χ4v) is 4.48. The number of hydrogen-bond acceptors (Lipinski definition) is 8. The minimum Gasteiger partial charge on any atom is -0.387 e. The van der Waals surface area contributed by atoms with E-state index in [1.165, 1.54) is 11.9 Å². The molecular formula is C26H38ClN7O4. The van der Waals surface area contributed by atoms with E-state index in [1.54, 1.807) is 16.8 Å². The molecule has 12 heteroatoms. The number of carbonyl (C=O) groups is 1. The number of amides is 2. The summed E-state index contributed by atoms with van der Waals surface area (Å²) < 4.78 is 7.70. The molecule has 1 unspecified atom stereocenters. The van der Waals surface area contributed by atoms with Crippen molar-refractivity contribution in [2.24, 2.45) is 0 Å². The normalized spacial score (nSPS) is 21.4. The van der Waals surface area contributed by atoms with Crippen LogP contribution >= 0.6 is 12.4 Å². The van der Waals surface area contributed by atoms with E-state index in [0.717, 1.165) is 5.69 Å². The summed E-state index contributed by atoms with van der Waals surface area (Å²) in [6, 6.07) is 9.36. The molecule has 0 bridgehead atoms. The van der Waals surface area contributed by atoms with Crippen LogP contribution in [0.4, 0.5) is 16.3 Å². The van der Waals surface area contributed by atoms with Gasteiger partial charge in [-0.1, -0.05) is 32.9 Å². The van der Waals surface area contributed by atoms with Crippen molar-refractivity contribution >= 4 is 41.0 Å². The maximum atomic E-state index is 12.2. The summed E-state index contributed by atoms with van der Waals surface area (Å²) >= 11 is 0. The van der Waals surface area contributed by atoms with Gasteiger partial charge in [0.05, 0.1) is 5.39 Å². The van der Waals surface area contributed by atoms with Crippen LogP contribution in [-0.4, -0.2) is 80.7 Å². The number of benzene rings is 1. The van der Waals surface area contributed by atoms with E-state index < -0.39 is 24.5 Å². The number of nitrogens with one attached hydrogen (secondary N) is 2. The molecule has 1 fully saturated rings. The lowest BCUT2D eigenvalue weighted by Gasteiger charge is -2.23. The Morgan fingerprint density at radius 2 is 1.87 bits per heavy atom. The SMILES string of the molecule is CN(CCCNC(=O)Nc1ccc(C(C)(C)C)cc1)C[C@H]1O[C@@H](n2ccc3c(N)ncnc32)C(O)[C@@H]1O.Cl. The van der Waals surface area contributed by atoms with E-state index in [2.05, 4.69) is 41.4 Å². The third-order valence-electron chi connectivity index (χ3n) is 6.65. The van der Waals surface area contributed by atoms with Crippen molar-refractivity contribution in [1.29, 1.82) is 0 Å². The molecule has 2 aromatic heterocycles. The third kappa shape index (κ3) is 6.72. The van der Waals surface area contributed by atoms with Crippen molar-refractivity contribution in [1.82, 2.24) is 24.8 Å². The van der Waals surface area contributed by atoms with Gasteiger partial charge in [0.2, 0.25) is 0 Å². The van der Waals surface area contributed by atoms with E-state index in [-0.39, 0.29) is 23.9 Å². The second-order valence-corrected chi connectivity index (χ2v) is 10.6. The number of hydrogen-bond donors (Lipinski definition) is 5. The predicted molar refractivity (Wildman–Crippen MR) is 149 cm³/mol. The van der Waals surface area contributed by atoms with Crippen molar-refractivity contribution in [2.75, 3.05) is 37.7 Å². The van der Waals surface area contributed by atoms with Gasteiger partial charge in [-0.05, 0) is 49.2 Å². The molecular weight excluding hydrogens is 510 g/mol. The second kappa shape index (κ2) is 12.3. The molecule has 38 heavy (non-hydrogen) atoms. The molecule has 0 spiro atoms. The van der Waals surface area contributed by atoms with Crippen LogP contribution in [0.3, 0.4) is 0 Å². The molecule has 208 valence electrons. The molecule has 1 aromatic carbocycles. The zero-order valence-corrected chi connectivity index (χ0v) is 23.0. The van der Waals surface area contributed by atoms with Gasteiger partial charge in [0.25, 0.3) is 0 Å². The number of rotatable bonds is 8. The van der Waals surface area contributed by atoms with Gasteiger partial charge in [0, 0.05) is 25.0 Å². The van der Waals surface area contributed by atoms with Gasteiger partial charge in [-0.15, -0.1) is 12.4 Å². The topological polar surface area (TPSA) is 151 Å². The van der Waals surface area contributed by atoms with Gasteiger partial charge in [-0.2, -0.15) is 0 Å². The van der Waals surface area contributed by atoms with Crippen LogP contribution in [0.5, 0.6) is 0 Å². The molecule has 3 heterocycles. The second-order valence-electron chi connectivity index (χ2n) is 10.6. The maximum absolute atomic E-state index is 12.2. The Bertz CT molecular complexity index is 1210. The summed E-state index contributed by atoms with van der Waals surface area (Å²) in [7, 11) is 1.91. The predicted octanol–water partition coefficient (Wildman–Crippen LogP) is 2.50. The molecule has 11 nitrogen and oxygen atoms in total. The first-order valence-electron chi connectivity index (χ1n) is 12.5. The molecule has 2 amide bonds. The number of halogens is 1. The van der Waals surface area contributed by atoms with Crippen LogP contribution in [0.15, 0.2) is 42.9 Å². The Labute approximate surface area is 228 Å². The zero-order valence-electron chi connectivity index (χ0n) is 22.2. The standard InChI is InChI=1S/C26H37N7O4.ClH/c1-26(2,3)16-6-8-17(9-7-16)31-25(36)28-11-5-12-32(4)14-19-20(34)21(35)24(37-19)33-13-10-18-22(27)29-15-30-23(18)33;/h6-10,13,15,19-21,24,34-35H,5,11-12,14H2,1-4H3,(H2,27,29,30)(H2,28,31,36);1H/t19-,20-,21?,24-;/m1./s1. The van der Waals surface area contributed by atoms with Gasteiger partial charge in [0.15, 0.2) is 6.23 Å². The number of aromatic nitrogens is 3. The van der Waals surface area contributed by atoms with Crippen molar-refractivity contribution in [2.45, 2.75) is 57.1 Å². The summed E-state index contributed by atoms with van der Waals surface area (Å²) in [5, 5.41) is 27.6. The van der Waals surface area contributed by atoms with E-state index in [0.29, 0.717) is 42.9 Å². The molecule has 1 aliphatic heterocycles. The van der Waals surface area contributed by atoms with E-state index in [9.17, 15) is 15.0 Å². The lowest BCUT2D eigenvalue weighted by molar-refractivity contribution is -0.0419. The monoisotopic (exact) mass is 547 g/mol. The number of aliphatic hydroxyl groups is 2. The van der Waals surface area contributed by atoms with Crippen molar-refractivity contribution < 1.29 is 19.7 Å². The Morgan fingerprint density at radius 3 is 2.55 bits per heavy atom. The number of nitrogen functional groups attached to an aromatic ring is 1. The summed E-state index contributed by atoms with van der Waals surface area (Å²) in [6.07, 6.45) is 0.231. The average Bonchev–Trinajstić information content (AvgIpc) is 3.39. The molecule has 4 atom stereocenters. The zero-order chi connectivity index (χ0) is 26.7. The lowest BCUT2D eigenvalue weighted by Crippen LogP contribution is -2.39. The van der Waals surface area contributed by atoms with Crippen LogP contribution in [0, 0.1) is 0 Å². The first kappa shape index (κ1) is 29.6. The number of urea groups is 1. The average molecular weight is 548 g/mol. The first-order valence-corrected chi connectivity index (χ1v) is 12.5. The van der Waals surface area contributed by atoms with Crippen molar-refractivity contribution in [3.63, 3.8) is 0 Å². The number of ether oxygens (including phenoxy) is 1. The minimum atomic E-state index is -1.12. The number of nitrogens with zero attached hydrogens (tertiary/aromatic N) is 4. The highest BCUT2D eigenvalue weighted by molar-refractivity contribution is 5.89. The van der Waals surface area contributed by atoms with Gasteiger partial charge in [-0.25, -0.2) is 14.8 Å². The molecule has 0 saturated carbocycles.